The van der Waals surface area contributed by atoms with Crippen molar-refractivity contribution in [3.8, 4) is 11.3 Å². The van der Waals surface area contributed by atoms with E-state index in [1.54, 1.807) is 11.0 Å². The summed E-state index contributed by atoms with van der Waals surface area (Å²) in [6, 6.07) is 20.1. The third-order valence-corrected chi connectivity index (χ3v) is 5.72. The van der Waals surface area contributed by atoms with Gasteiger partial charge in [0.25, 0.3) is 11.5 Å². The van der Waals surface area contributed by atoms with Crippen molar-refractivity contribution in [2.75, 3.05) is 37.6 Å². The van der Waals surface area contributed by atoms with E-state index in [2.05, 4.69) is 15.2 Å². The van der Waals surface area contributed by atoms with Gasteiger partial charge >= 0.3 is 0 Å². The fourth-order valence-corrected chi connectivity index (χ4v) is 3.79. The molecule has 0 bridgehead atoms. The van der Waals surface area contributed by atoms with Gasteiger partial charge in [-0.25, -0.2) is 0 Å². The minimum absolute atomic E-state index is 0.0231. The van der Waals surface area contributed by atoms with Crippen LogP contribution in [0, 0.1) is 0 Å². The Morgan fingerprint density at radius 2 is 1.59 bits per heavy atom. The third kappa shape index (κ3) is 5.00. The van der Waals surface area contributed by atoms with Crippen LogP contribution in [-0.4, -0.2) is 54.4 Å². The fourth-order valence-electron chi connectivity index (χ4n) is 3.67. The van der Waals surface area contributed by atoms with Crippen LogP contribution in [0.25, 0.3) is 11.3 Å². The second kappa shape index (κ2) is 9.70. The number of aromatic amines is 1. The molecule has 0 spiro atoms. The Kier molecular flexibility index (Phi) is 6.56. The molecule has 3 aromatic rings. The molecule has 0 radical (unpaired) electrons. The maximum atomic E-state index is 12.5. The first-order valence-corrected chi connectivity index (χ1v) is 10.7. The van der Waals surface area contributed by atoms with Gasteiger partial charge in [-0.1, -0.05) is 41.9 Å². The molecule has 164 valence electrons. The lowest BCUT2D eigenvalue weighted by atomic mass is 10.1. The van der Waals surface area contributed by atoms with Crippen LogP contribution >= 0.6 is 11.6 Å². The van der Waals surface area contributed by atoms with Crippen LogP contribution in [0.3, 0.4) is 0 Å². The Hall–Kier alpha value is -3.58. The Morgan fingerprint density at radius 1 is 0.906 bits per heavy atom. The minimum atomic E-state index is -0.570. The maximum absolute atomic E-state index is 12.5. The summed E-state index contributed by atoms with van der Waals surface area (Å²) in [6.45, 7) is 2.36. The van der Waals surface area contributed by atoms with Gasteiger partial charge in [0.15, 0.2) is 0 Å². The summed E-state index contributed by atoms with van der Waals surface area (Å²) in [7, 11) is 0. The fraction of sp³-hybridized carbons (Fsp3) is 0.208. The highest BCUT2D eigenvalue weighted by atomic mass is 35.5. The zero-order chi connectivity index (χ0) is 22.5. The number of carbonyl (C=O) groups excluding carboxylic acids is 2. The van der Waals surface area contributed by atoms with Crippen molar-refractivity contribution in [2.45, 2.75) is 0 Å². The molecule has 1 aliphatic rings. The van der Waals surface area contributed by atoms with Crippen LogP contribution in [-0.2, 0) is 4.79 Å². The summed E-state index contributed by atoms with van der Waals surface area (Å²) in [4.78, 5) is 44.0. The number of piperazine rings is 1. The van der Waals surface area contributed by atoms with Crippen molar-refractivity contribution in [2.24, 2.45) is 0 Å². The topological polar surface area (TPSA) is 85.5 Å². The highest BCUT2D eigenvalue weighted by Crippen LogP contribution is 2.19. The van der Waals surface area contributed by atoms with E-state index < -0.39 is 11.5 Å². The highest BCUT2D eigenvalue weighted by molar-refractivity contribution is 6.30. The van der Waals surface area contributed by atoms with E-state index in [-0.39, 0.29) is 18.0 Å². The largest absolute Gasteiger partial charge is 0.368 e. The molecule has 1 fully saturated rings. The average Bonchev–Trinajstić information content (AvgIpc) is 2.83. The lowest BCUT2D eigenvalue weighted by Gasteiger charge is -2.36. The summed E-state index contributed by atoms with van der Waals surface area (Å²) in [6.07, 6.45) is 0. The molecule has 0 atom stereocenters. The first-order valence-electron chi connectivity index (χ1n) is 10.4. The second-order valence-electron chi connectivity index (χ2n) is 7.51. The van der Waals surface area contributed by atoms with Gasteiger partial charge in [-0.2, -0.15) is 0 Å². The molecule has 0 unspecified atom stereocenters. The number of hydrogen-bond donors (Lipinski definition) is 2. The minimum Gasteiger partial charge on any atom is -0.368 e. The molecule has 2 amide bonds. The molecule has 2 aromatic carbocycles. The Balaban J connectivity index is 1.30. The zero-order valence-electron chi connectivity index (χ0n) is 17.4. The summed E-state index contributed by atoms with van der Waals surface area (Å²) in [5, 5.41) is 3.25. The standard InChI is InChI=1S/C24H23ClN4O3/c25-18-6-8-19(9-7-18)28-12-14-29(15-13-28)22(30)16-26-23(31)20-10-11-21(27-24(20)32)17-4-2-1-3-5-17/h1-11H,12-16H2,(H,26,31)(H,27,32). The van der Waals surface area contributed by atoms with E-state index in [4.69, 9.17) is 11.6 Å². The predicted molar refractivity (Wildman–Crippen MR) is 125 cm³/mol. The smallest absolute Gasteiger partial charge is 0.261 e. The van der Waals surface area contributed by atoms with Gasteiger partial charge in [-0.05, 0) is 42.0 Å². The lowest BCUT2D eigenvalue weighted by Crippen LogP contribution is -2.51. The molecule has 4 rings (SSSR count). The molecular formula is C24H23ClN4O3. The number of nitrogens with zero attached hydrogens (tertiary/aromatic N) is 2. The number of rotatable bonds is 5. The van der Waals surface area contributed by atoms with E-state index in [0.717, 1.165) is 11.3 Å². The molecule has 1 saturated heterocycles. The van der Waals surface area contributed by atoms with Crippen molar-refractivity contribution >= 4 is 29.1 Å². The maximum Gasteiger partial charge on any atom is 0.261 e. The van der Waals surface area contributed by atoms with E-state index in [0.29, 0.717) is 36.9 Å². The molecule has 0 aliphatic carbocycles. The molecule has 7 nitrogen and oxygen atoms in total. The molecule has 2 N–H and O–H groups in total. The summed E-state index contributed by atoms with van der Waals surface area (Å²) < 4.78 is 0. The van der Waals surface area contributed by atoms with Gasteiger partial charge in [0, 0.05) is 42.6 Å². The van der Waals surface area contributed by atoms with Gasteiger partial charge in [0.1, 0.15) is 5.56 Å². The number of H-pyrrole nitrogens is 1. The van der Waals surface area contributed by atoms with E-state index in [9.17, 15) is 14.4 Å². The molecule has 1 aliphatic heterocycles. The van der Waals surface area contributed by atoms with Crippen molar-refractivity contribution < 1.29 is 9.59 Å². The molecular weight excluding hydrogens is 428 g/mol. The van der Waals surface area contributed by atoms with Crippen molar-refractivity contribution in [1.82, 2.24) is 15.2 Å². The quantitative estimate of drug-likeness (QED) is 0.626. The SMILES string of the molecule is O=C(NCC(=O)N1CCN(c2ccc(Cl)cc2)CC1)c1ccc(-c2ccccc2)[nH]c1=O. The number of pyridine rings is 1. The van der Waals surface area contributed by atoms with Gasteiger partial charge in [-0.15, -0.1) is 0 Å². The van der Waals surface area contributed by atoms with Gasteiger partial charge < -0.3 is 20.1 Å². The third-order valence-electron chi connectivity index (χ3n) is 5.46. The summed E-state index contributed by atoms with van der Waals surface area (Å²) in [5.74, 6) is -0.745. The van der Waals surface area contributed by atoms with Gasteiger partial charge in [-0.3, -0.25) is 14.4 Å². The van der Waals surface area contributed by atoms with Crippen LogP contribution < -0.4 is 15.8 Å². The lowest BCUT2D eigenvalue weighted by molar-refractivity contribution is -0.130. The first kappa shape index (κ1) is 21.6. The molecule has 1 aromatic heterocycles. The zero-order valence-corrected chi connectivity index (χ0v) is 18.1. The molecule has 8 heteroatoms. The van der Waals surface area contributed by atoms with E-state index in [1.165, 1.54) is 6.07 Å². The summed E-state index contributed by atoms with van der Waals surface area (Å²) >= 11 is 5.94. The first-order chi connectivity index (χ1) is 15.5. The number of amides is 2. The Bertz CT molecular complexity index is 1150. The molecule has 2 heterocycles. The number of aromatic nitrogens is 1. The van der Waals surface area contributed by atoms with E-state index >= 15 is 0 Å². The van der Waals surface area contributed by atoms with Gasteiger partial charge in [0.05, 0.1) is 6.54 Å². The highest BCUT2D eigenvalue weighted by Gasteiger charge is 2.22. The average molecular weight is 451 g/mol. The Morgan fingerprint density at radius 3 is 2.25 bits per heavy atom. The summed E-state index contributed by atoms with van der Waals surface area (Å²) in [5.41, 5.74) is 2.03. The number of benzene rings is 2. The van der Waals surface area contributed by atoms with Crippen LogP contribution in [0.5, 0.6) is 0 Å². The van der Waals surface area contributed by atoms with Crippen LogP contribution in [0.4, 0.5) is 5.69 Å². The van der Waals surface area contributed by atoms with Gasteiger partial charge in [0.2, 0.25) is 5.91 Å². The van der Waals surface area contributed by atoms with Crippen LogP contribution in [0.15, 0.2) is 71.5 Å². The number of carbonyl (C=O) groups is 2. The second-order valence-corrected chi connectivity index (χ2v) is 7.94. The molecule has 32 heavy (non-hydrogen) atoms. The number of halogens is 1. The van der Waals surface area contributed by atoms with Crippen LogP contribution in [0.2, 0.25) is 5.02 Å². The predicted octanol–water partition coefficient (Wildman–Crippen LogP) is 2.77. The van der Waals surface area contributed by atoms with Crippen molar-refractivity contribution in [3.63, 3.8) is 0 Å². The normalized spacial score (nSPS) is 13.7. The molecule has 0 saturated carbocycles. The number of nitrogens with one attached hydrogen (secondary N) is 2. The monoisotopic (exact) mass is 450 g/mol. The van der Waals surface area contributed by atoms with Crippen molar-refractivity contribution in [1.29, 1.82) is 0 Å². The van der Waals surface area contributed by atoms with Crippen LogP contribution in [0.1, 0.15) is 10.4 Å². The van der Waals surface area contributed by atoms with E-state index in [1.807, 2.05) is 54.6 Å². The number of hydrogen-bond acceptors (Lipinski definition) is 4. The number of anilines is 1. The van der Waals surface area contributed by atoms with Crippen molar-refractivity contribution in [3.05, 3.63) is 87.7 Å². The Labute approximate surface area is 190 Å².